The molecule has 0 aliphatic carbocycles. The molecule has 0 saturated carbocycles. The van der Waals surface area contributed by atoms with Gasteiger partial charge >= 0.3 is 0 Å². The lowest BCUT2D eigenvalue weighted by Crippen LogP contribution is -2.33. The van der Waals surface area contributed by atoms with Gasteiger partial charge in [-0.2, -0.15) is 0 Å². The second-order valence-electron chi connectivity index (χ2n) is 4.10. The summed E-state index contributed by atoms with van der Waals surface area (Å²) < 4.78 is 5.78. The average Bonchev–Trinajstić information content (AvgIpc) is 2.38. The molecule has 1 aromatic heterocycles. The molecule has 0 amide bonds. The highest BCUT2D eigenvalue weighted by molar-refractivity contribution is 6.33. The Morgan fingerprint density at radius 3 is 3.06 bits per heavy atom. The van der Waals surface area contributed by atoms with E-state index in [1.54, 1.807) is 12.4 Å². The molecule has 2 heterocycles. The summed E-state index contributed by atoms with van der Waals surface area (Å²) in [6.07, 6.45) is 5.98. The number of hydrogen-bond acceptors (Lipinski definition) is 4. The molecule has 0 aromatic carbocycles. The fraction of sp³-hybridized carbons (Fsp3) is 0.583. The first-order chi connectivity index (χ1) is 8.36. The van der Waals surface area contributed by atoms with Gasteiger partial charge in [0.25, 0.3) is 0 Å². The molecular weight excluding hydrogens is 238 g/mol. The number of nitrogens with one attached hydrogen (secondary N) is 2. The number of pyridine rings is 1. The molecule has 0 radical (unpaired) electrons. The van der Waals surface area contributed by atoms with Crippen LogP contribution in [0.5, 0.6) is 0 Å². The lowest BCUT2D eigenvalue weighted by atomic mass is 10.1. The molecule has 0 bridgehead atoms. The largest absolute Gasteiger partial charge is 0.381 e. The molecule has 1 aliphatic rings. The highest BCUT2D eigenvalue weighted by Crippen LogP contribution is 2.18. The minimum absolute atomic E-state index is 0.408. The van der Waals surface area contributed by atoms with Crippen molar-refractivity contribution in [3.05, 3.63) is 23.5 Å². The number of nitrogens with zero attached hydrogens (tertiary/aromatic N) is 1. The van der Waals surface area contributed by atoms with Crippen LogP contribution in [0.2, 0.25) is 5.02 Å². The number of aromatic nitrogens is 1. The number of piperidine rings is 1. The monoisotopic (exact) mass is 255 g/mol. The second-order valence-corrected chi connectivity index (χ2v) is 4.51. The van der Waals surface area contributed by atoms with Crippen molar-refractivity contribution in [2.45, 2.75) is 18.9 Å². The minimum Gasteiger partial charge on any atom is -0.381 e. The third-order valence-electron chi connectivity index (χ3n) is 2.83. The van der Waals surface area contributed by atoms with Crippen LogP contribution in [-0.2, 0) is 4.74 Å². The molecule has 0 unspecified atom stereocenters. The van der Waals surface area contributed by atoms with Gasteiger partial charge in [-0.25, -0.2) is 0 Å². The van der Waals surface area contributed by atoms with Crippen molar-refractivity contribution < 1.29 is 4.74 Å². The zero-order valence-corrected chi connectivity index (χ0v) is 10.5. The minimum atomic E-state index is 0.408. The Morgan fingerprint density at radius 2 is 2.29 bits per heavy atom. The zero-order valence-electron chi connectivity index (χ0n) is 9.79. The van der Waals surface area contributed by atoms with Gasteiger partial charge in [0, 0.05) is 18.9 Å². The maximum atomic E-state index is 5.98. The zero-order chi connectivity index (χ0) is 11.9. The Morgan fingerprint density at radius 1 is 1.47 bits per heavy atom. The summed E-state index contributed by atoms with van der Waals surface area (Å²) >= 11 is 5.98. The number of hydrogen-bond donors (Lipinski definition) is 2. The number of anilines is 1. The fourth-order valence-electron chi connectivity index (χ4n) is 1.89. The molecule has 4 nitrogen and oxygen atoms in total. The number of halogens is 1. The Kier molecular flexibility index (Phi) is 5.04. The molecule has 1 aliphatic heterocycles. The quantitative estimate of drug-likeness (QED) is 0.790. The van der Waals surface area contributed by atoms with Gasteiger partial charge in [-0.1, -0.05) is 11.6 Å². The maximum absolute atomic E-state index is 5.98. The smallest absolute Gasteiger partial charge is 0.0820 e. The van der Waals surface area contributed by atoms with Crippen LogP contribution in [-0.4, -0.2) is 37.3 Å². The number of rotatable bonds is 5. The summed E-state index contributed by atoms with van der Waals surface area (Å²) in [7, 11) is 0. The first-order valence-electron chi connectivity index (χ1n) is 6.02. The third-order valence-corrected chi connectivity index (χ3v) is 3.13. The van der Waals surface area contributed by atoms with E-state index in [1.165, 1.54) is 0 Å². The van der Waals surface area contributed by atoms with Crippen molar-refractivity contribution in [3.63, 3.8) is 0 Å². The normalized spacial score (nSPS) is 17.0. The van der Waals surface area contributed by atoms with Crippen LogP contribution in [0.1, 0.15) is 12.8 Å². The first-order valence-corrected chi connectivity index (χ1v) is 6.40. The summed E-state index contributed by atoms with van der Waals surface area (Å²) in [5.41, 5.74) is 0.913. The van der Waals surface area contributed by atoms with E-state index in [9.17, 15) is 0 Å². The SMILES string of the molecule is Clc1cnccc1NCCOC1CCNCC1. The van der Waals surface area contributed by atoms with E-state index in [0.717, 1.165) is 38.2 Å². The predicted molar refractivity (Wildman–Crippen MR) is 69.6 cm³/mol. The molecule has 1 aromatic rings. The van der Waals surface area contributed by atoms with Crippen molar-refractivity contribution in [2.75, 3.05) is 31.6 Å². The van der Waals surface area contributed by atoms with Crippen molar-refractivity contribution in [1.29, 1.82) is 0 Å². The van der Waals surface area contributed by atoms with Crippen LogP contribution in [0.4, 0.5) is 5.69 Å². The average molecular weight is 256 g/mol. The van der Waals surface area contributed by atoms with Crippen LogP contribution in [0.25, 0.3) is 0 Å². The Labute approximate surface area is 107 Å². The molecule has 2 N–H and O–H groups in total. The summed E-state index contributed by atoms with van der Waals surface area (Å²) in [6, 6.07) is 1.87. The van der Waals surface area contributed by atoms with Crippen LogP contribution >= 0.6 is 11.6 Å². The topological polar surface area (TPSA) is 46.2 Å². The van der Waals surface area contributed by atoms with Crippen LogP contribution < -0.4 is 10.6 Å². The molecule has 2 rings (SSSR count). The lowest BCUT2D eigenvalue weighted by molar-refractivity contribution is 0.0394. The third kappa shape index (κ3) is 4.15. The standard InChI is InChI=1S/C12H18ClN3O/c13-11-9-15-6-3-12(11)16-7-8-17-10-1-4-14-5-2-10/h3,6,9-10,14H,1-2,4-5,7-8H2,(H,15,16). The molecule has 1 saturated heterocycles. The van der Waals surface area contributed by atoms with Crippen LogP contribution in [0, 0.1) is 0 Å². The number of ether oxygens (including phenoxy) is 1. The van der Waals surface area contributed by atoms with Gasteiger partial charge in [-0.3, -0.25) is 4.98 Å². The van der Waals surface area contributed by atoms with Gasteiger partial charge in [0.15, 0.2) is 0 Å². The Balaban J connectivity index is 1.64. The molecule has 0 atom stereocenters. The van der Waals surface area contributed by atoms with Crippen LogP contribution in [0.15, 0.2) is 18.5 Å². The van der Waals surface area contributed by atoms with E-state index in [0.29, 0.717) is 17.7 Å². The predicted octanol–water partition coefficient (Wildman–Crippen LogP) is 1.92. The Hall–Kier alpha value is -0.840. The van der Waals surface area contributed by atoms with E-state index in [2.05, 4.69) is 15.6 Å². The fourth-order valence-corrected chi connectivity index (χ4v) is 2.08. The van der Waals surface area contributed by atoms with Crippen molar-refractivity contribution in [3.8, 4) is 0 Å². The highest BCUT2D eigenvalue weighted by atomic mass is 35.5. The molecule has 0 spiro atoms. The van der Waals surface area contributed by atoms with Crippen LogP contribution in [0.3, 0.4) is 0 Å². The summed E-state index contributed by atoms with van der Waals surface area (Å²) in [6.45, 7) is 3.61. The molecule has 94 valence electrons. The van der Waals surface area contributed by atoms with E-state index >= 15 is 0 Å². The first kappa shape index (κ1) is 12.6. The van der Waals surface area contributed by atoms with E-state index in [4.69, 9.17) is 16.3 Å². The molecule has 1 fully saturated rings. The summed E-state index contributed by atoms with van der Waals surface area (Å²) in [5, 5.41) is 7.21. The van der Waals surface area contributed by atoms with Gasteiger partial charge in [-0.05, 0) is 32.0 Å². The summed E-state index contributed by atoms with van der Waals surface area (Å²) in [4.78, 5) is 3.94. The van der Waals surface area contributed by atoms with Gasteiger partial charge in [-0.15, -0.1) is 0 Å². The van der Waals surface area contributed by atoms with E-state index < -0.39 is 0 Å². The van der Waals surface area contributed by atoms with Crippen molar-refractivity contribution >= 4 is 17.3 Å². The molecular formula is C12H18ClN3O. The lowest BCUT2D eigenvalue weighted by Gasteiger charge is -2.23. The van der Waals surface area contributed by atoms with Gasteiger partial charge < -0.3 is 15.4 Å². The summed E-state index contributed by atoms with van der Waals surface area (Å²) in [5.74, 6) is 0. The maximum Gasteiger partial charge on any atom is 0.0820 e. The van der Waals surface area contributed by atoms with Gasteiger partial charge in [0.2, 0.25) is 0 Å². The van der Waals surface area contributed by atoms with Gasteiger partial charge in [0.1, 0.15) is 0 Å². The van der Waals surface area contributed by atoms with E-state index in [1.807, 2.05) is 6.07 Å². The highest BCUT2D eigenvalue weighted by Gasteiger charge is 2.12. The van der Waals surface area contributed by atoms with Crippen molar-refractivity contribution in [1.82, 2.24) is 10.3 Å². The Bertz CT molecular complexity index is 342. The van der Waals surface area contributed by atoms with E-state index in [-0.39, 0.29) is 0 Å². The van der Waals surface area contributed by atoms with Gasteiger partial charge in [0.05, 0.1) is 23.4 Å². The van der Waals surface area contributed by atoms with Crippen molar-refractivity contribution in [2.24, 2.45) is 0 Å². The molecule has 17 heavy (non-hydrogen) atoms. The second kappa shape index (κ2) is 6.79. The molecule has 5 heteroatoms.